The lowest BCUT2D eigenvalue weighted by Gasteiger charge is -2.35. The summed E-state index contributed by atoms with van der Waals surface area (Å²) in [4.78, 5) is 15.7. The molecule has 146 valence electrons. The number of anilines is 1. The standard InChI is InChI=1S/C18H22F2N4O2S/c1-10-13(7-21-23-10)15-12-6-18(19,20)9-24-8-11(4-2-3-5-25)22-17(26)16(27-15)14(12)24/h7,11,25H,2-6,8-9H2,1H3,(H,21,23)(H,22,26). The number of thiophene rings is 1. The fraction of sp³-hybridized carbons (Fsp3) is 0.556. The maximum atomic E-state index is 14.5. The number of hydrogen-bond acceptors (Lipinski definition) is 5. The number of rotatable bonds is 5. The SMILES string of the molecule is Cc1n[nH]cc1-c1sc2c3c1CC(F)(F)CN3CC(CCCCO)NC2=O. The molecule has 2 aromatic rings. The van der Waals surface area contributed by atoms with E-state index in [0.29, 0.717) is 40.4 Å². The van der Waals surface area contributed by atoms with Gasteiger partial charge in [-0.25, -0.2) is 8.78 Å². The first kappa shape index (κ1) is 18.4. The fourth-order valence-corrected chi connectivity index (χ4v) is 5.29. The highest BCUT2D eigenvalue weighted by atomic mass is 32.1. The van der Waals surface area contributed by atoms with Crippen LogP contribution in [0.2, 0.25) is 0 Å². The summed E-state index contributed by atoms with van der Waals surface area (Å²) in [7, 11) is 0. The van der Waals surface area contributed by atoms with E-state index in [1.807, 2.05) is 6.92 Å². The molecule has 6 nitrogen and oxygen atoms in total. The van der Waals surface area contributed by atoms with Crippen molar-refractivity contribution < 1.29 is 18.7 Å². The number of H-pyrrole nitrogens is 1. The minimum atomic E-state index is -2.85. The molecule has 9 heteroatoms. The second-order valence-corrected chi connectivity index (χ2v) is 8.30. The number of aliphatic hydroxyl groups is 1. The average Bonchev–Trinajstić information content (AvgIpc) is 3.13. The van der Waals surface area contributed by atoms with Crippen molar-refractivity contribution in [2.75, 3.05) is 24.6 Å². The van der Waals surface area contributed by atoms with Crippen LogP contribution in [0.1, 0.15) is 40.2 Å². The van der Waals surface area contributed by atoms with Crippen molar-refractivity contribution in [3.63, 3.8) is 0 Å². The summed E-state index contributed by atoms with van der Waals surface area (Å²) in [6.45, 7) is 1.89. The van der Waals surface area contributed by atoms with Gasteiger partial charge in [-0.2, -0.15) is 5.10 Å². The number of aryl methyl sites for hydroxylation is 1. The van der Waals surface area contributed by atoms with Crippen LogP contribution < -0.4 is 10.2 Å². The van der Waals surface area contributed by atoms with Crippen molar-refractivity contribution in [1.29, 1.82) is 0 Å². The summed E-state index contributed by atoms with van der Waals surface area (Å²) in [5.74, 6) is -3.05. The predicted octanol–water partition coefficient (Wildman–Crippen LogP) is 2.72. The normalized spacial score (nSPS) is 21.0. The third kappa shape index (κ3) is 3.34. The lowest BCUT2D eigenvalue weighted by atomic mass is 9.96. The topological polar surface area (TPSA) is 81.2 Å². The van der Waals surface area contributed by atoms with Crippen molar-refractivity contribution in [3.8, 4) is 10.4 Å². The van der Waals surface area contributed by atoms with Gasteiger partial charge in [0, 0.05) is 47.8 Å². The minimum Gasteiger partial charge on any atom is -0.396 e. The molecule has 3 N–H and O–H groups in total. The number of nitrogens with zero attached hydrogens (tertiary/aromatic N) is 2. The highest BCUT2D eigenvalue weighted by Gasteiger charge is 2.45. The molecule has 27 heavy (non-hydrogen) atoms. The highest BCUT2D eigenvalue weighted by Crippen LogP contribution is 2.49. The Labute approximate surface area is 159 Å². The molecule has 0 aromatic carbocycles. The molecule has 0 bridgehead atoms. The van der Waals surface area contributed by atoms with Crippen LogP contribution in [0.25, 0.3) is 10.4 Å². The summed E-state index contributed by atoms with van der Waals surface area (Å²) in [5, 5.41) is 18.8. The summed E-state index contributed by atoms with van der Waals surface area (Å²) in [6, 6.07) is -0.204. The van der Waals surface area contributed by atoms with Crippen molar-refractivity contribution in [1.82, 2.24) is 15.5 Å². The van der Waals surface area contributed by atoms with Gasteiger partial charge >= 0.3 is 0 Å². The highest BCUT2D eigenvalue weighted by molar-refractivity contribution is 7.18. The maximum absolute atomic E-state index is 14.5. The van der Waals surface area contributed by atoms with E-state index in [1.165, 1.54) is 11.3 Å². The molecule has 1 unspecified atom stereocenters. The van der Waals surface area contributed by atoms with E-state index in [1.54, 1.807) is 11.1 Å². The van der Waals surface area contributed by atoms with Gasteiger partial charge in [0.25, 0.3) is 11.8 Å². The van der Waals surface area contributed by atoms with Gasteiger partial charge < -0.3 is 15.3 Å². The van der Waals surface area contributed by atoms with Crippen LogP contribution in [-0.4, -0.2) is 52.9 Å². The Hall–Kier alpha value is -2.00. The number of unbranched alkanes of at least 4 members (excludes halogenated alkanes) is 1. The van der Waals surface area contributed by atoms with Crippen LogP contribution in [-0.2, 0) is 6.42 Å². The van der Waals surface area contributed by atoms with Gasteiger partial charge in [-0.05, 0) is 26.2 Å². The van der Waals surface area contributed by atoms with E-state index in [9.17, 15) is 13.6 Å². The van der Waals surface area contributed by atoms with Gasteiger partial charge in [-0.15, -0.1) is 11.3 Å². The van der Waals surface area contributed by atoms with Crippen molar-refractivity contribution in [3.05, 3.63) is 22.3 Å². The van der Waals surface area contributed by atoms with Crippen LogP contribution in [0.4, 0.5) is 14.5 Å². The van der Waals surface area contributed by atoms with Gasteiger partial charge in [-0.3, -0.25) is 9.89 Å². The number of aromatic amines is 1. The number of nitrogens with one attached hydrogen (secondary N) is 2. The third-order valence-corrected chi connectivity index (χ3v) is 6.42. The molecule has 2 aliphatic heterocycles. The van der Waals surface area contributed by atoms with Gasteiger partial charge in [0.1, 0.15) is 4.88 Å². The Bertz CT molecular complexity index is 864. The van der Waals surface area contributed by atoms with Crippen LogP contribution in [0.15, 0.2) is 6.20 Å². The summed E-state index contributed by atoms with van der Waals surface area (Å²) in [6.07, 6.45) is 3.37. The van der Waals surface area contributed by atoms with E-state index in [4.69, 9.17) is 5.11 Å². The second-order valence-electron chi connectivity index (χ2n) is 7.27. The molecular formula is C18H22F2N4O2S. The van der Waals surface area contributed by atoms with E-state index >= 15 is 0 Å². The first-order valence-corrected chi connectivity index (χ1v) is 9.92. The molecule has 1 amide bonds. The van der Waals surface area contributed by atoms with Crippen molar-refractivity contribution in [2.24, 2.45) is 0 Å². The number of aromatic nitrogens is 2. The van der Waals surface area contributed by atoms with Gasteiger partial charge in [-0.1, -0.05) is 0 Å². The van der Waals surface area contributed by atoms with Crippen molar-refractivity contribution in [2.45, 2.75) is 44.6 Å². The van der Waals surface area contributed by atoms with E-state index < -0.39 is 5.92 Å². The molecule has 0 radical (unpaired) electrons. The van der Waals surface area contributed by atoms with Crippen LogP contribution in [0, 0.1) is 6.92 Å². The number of halogens is 2. The zero-order chi connectivity index (χ0) is 19.2. The first-order valence-electron chi connectivity index (χ1n) is 9.10. The molecule has 0 aliphatic carbocycles. The Morgan fingerprint density at radius 2 is 2.22 bits per heavy atom. The second kappa shape index (κ2) is 6.87. The van der Waals surface area contributed by atoms with Gasteiger partial charge in [0.2, 0.25) is 0 Å². The summed E-state index contributed by atoms with van der Waals surface area (Å²) < 4.78 is 29.1. The van der Waals surface area contributed by atoms with Crippen LogP contribution in [0.5, 0.6) is 0 Å². The Kier molecular flexibility index (Phi) is 4.67. The molecular weight excluding hydrogens is 374 g/mol. The van der Waals surface area contributed by atoms with Crippen LogP contribution in [0.3, 0.4) is 0 Å². The predicted molar refractivity (Wildman–Crippen MR) is 99.7 cm³/mol. The van der Waals surface area contributed by atoms with Gasteiger partial charge in [0.05, 0.1) is 17.9 Å². The lowest BCUT2D eigenvalue weighted by Crippen LogP contribution is -2.47. The fourth-order valence-electron chi connectivity index (χ4n) is 3.97. The zero-order valence-electron chi connectivity index (χ0n) is 15.0. The largest absolute Gasteiger partial charge is 0.396 e. The molecule has 1 atom stereocenters. The first-order chi connectivity index (χ1) is 12.9. The summed E-state index contributed by atoms with van der Waals surface area (Å²) >= 11 is 1.27. The van der Waals surface area contributed by atoms with Crippen LogP contribution >= 0.6 is 11.3 Å². The quantitative estimate of drug-likeness (QED) is 0.679. The smallest absolute Gasteiger partial charge is 0.269 e. The monoisotopic (exact) mass is 396 g/mol. The lowest BCUT2D eigenvalue weighted by molar-refractivity contribution is 0.00542. The van der Waals surface area contributed by atoms with E-state index in [0.717, 1.165) is 17.7 Å². The number of hydrogen-bond donors (Lipinski definition) is 3. The summed E-state index contributed by atoms with van der Waals surface area (Å²) in [5.41, 5.74) is 2.70. The molecule has 0 spiro atoms. The molecule has 4 heterocycles. The van der Waals surface area contributed by atoms with E-state index in [-0.39, 0.29) is 31.5 Å². The Balaban J connectivity index is 1.75. The Morgan fingerprint density at radius 1 is 1.41 bits per heavy atom. The molecule has 4 rings (SSSR count). The van der Waals surface area contributed by atoms with E-state index in [2.05, 4.69) is 15.5 Å². The van der Waals surface area contributed by atoms with Crippen molar-refractivity contribution >= 4 is 22.9 Å². The maximum Gasteiger partial charge on any atom is 0.269 e. The number of alkyl halides is 2. The number of carbonyl (C=O) groups is 1. The van der Waals surface area contributed by atoms with Gasteiger partial charge in [0.15, 0.2) is 0 Å². The zero-order valence-corrected chi connectivity index (χ0v) is 15.8. The average molecular weight is 396 g/mol. The Morgan fingerprint density at radius 3 is 2.93 bits per heavy atom. The minimum absolute atomic E-state index is 0.0906. The molecule has 2 aromatic heterocycles. The number of aliphatic hydroxyl groups excluding tert-OH is 1. The number of carbonyl (C=O) groups excluding carboxylic acids is 1. The molecule has 0 fully saturated rings. The number of amides is 1. The molecule has 2 aliphatic rings. The third-order valence-electron chi connectivity index (χ3n) is 5.17. The molecule has 0 saturated heterocycles. The molecule has 0 saturated carbocycles.